The molecule has 0 atom stereocenters. The molecule has 1 aliphatic heterocycles. The van der Waals surface area contributed by atoms with Crippen LogP contribution in [0.4, 0.5) is 10.2 Å². The Hall–Kier alpha value is -0.680. The average Bonchev–Trinajstić information content (AvgIpc) is 2.39. The van der Waals surface area contributed by atoms with Gasteiger partial charge in [-0.05, 0) is 59.8 Å². The smallest absolute Gasteiger partial charge is 0.166 e. The molecule has 2 rings (SSSR count). The maximum atomic E-state index is 13.7. The Morgan fingerprint density at radius 1 is 1.50 bits per heavy atom. The predicted molar refractivity (Wildman–Crippen MR) is 75.2 cm³/mol. The van der Waals surface area contributed by atoms with Crippen LogP contribution in [-0.4, -0.2) is 24.6 Å². The van der Waals surface area contributed by atoms with Gasteiger partial charge in [0.25, 0.3) is 0 Å². The number of piperidine rings is 1. The molecule has 3 nitrogen and oxygen atoms in total. The molecule has 0 spiro atoms. The monoisotopic (exact) mass is 315 g/mol. The first kappa shape index (κ1) is 13.7. The quantitative estimate of drug-likeness (QED) is 0.896. The van der Waals surface area contributed by atoms with Gasteiger partial charge in [-0.15, -0.1) is 0 Å². The second kappa shape index (κ2) is 5.97. The maximum absolute atomic E-state index is 13.7. The molecule has 18 heavy (non-hydrogen) atoms. The minimum absolute atomic E-state index is 0.270. The van der Waals surface area contributed by atoms with E-state index < -0.39 is 0 Å². The molecule has 0 saturated carbocycles. The van der Waals surface area contributed by atoms with E-state index in [2.05, 4.69) is 38.5 Å². The van der Waals surface area contributed by atoms with Crippen LogP contribution in [0.1, 0.15) is 26.2 Å². The van der Waals surface area contributed by atoms with Crippen LogP contribution in [0.3, 0.4) is 0 Å². The Morgan fingerprint density at radius 2 is 2.22 bits per heavy atom. The topological polar surface area (TPSA) is 37.0 Å². The number of anilines is 1. The SMILES string of the molecule is CCC1(CNc2ncc(Br)cc2F)CCNCC1. The van der Waals surface area contributed by atoms with Crippen LogP contribution in [-0.2, 0) is 0 Å². The van der Waals surface area contributed by atoms with Crippen LogP contribution < -0.4 is 10.6 Å². The minimum Gasteiger partial charge on any atom is -0.367 e. The van der Waals surface area contributed by atoms with E-state index in [0.717, 1.165) is 38.9 Å². The van der Waals surface area contributed by atoms with E-state index in [-0.39, 0.29) is 11.2 Å². The number of aromatic nitrogens is 1. The fourth-order valence-electron chi connectivity index (χ4n) is 2.43. The van der Waals surface area contributed by atoms with E-state index in [1.54, 1.807) is 6.20 Å². The minimum atomic E-state index is -0.301. The number of hydrogen-bond donors (Lipinski definition) is 2. The number of rotatable bonds is 4. The van der Waals surface area contributed by atoms with E-state index in [1.807, 2.05) is 0 Å². The molecular formula is C13H19BrFN3. The third kappa shape index (κ3) is 3.20. The van der Waals surface area contributed by atoms with Crippen molar-refractivity contribution in [2.24, 2.45) is 5.41 Å². The number of halogens is 2. The lowest BCUT2D eigenvalue weighted by Crippen LogP contribution is -2.40. The van der Waals surface area contributed by atoms with Gasteiger partial charge in [0.15, 0.2) is 11.6 Å². The number of nitrogens with zero attached hydrogens (tertiary/aromatic N) is 1. The summed E-state index contributed by atoms with van der Waals surface area (Å²) in [5.41, 5.74) is 0.270. The molecule has 1 fully saturated rings. The Bertz CT molecular complexity index is 405. The Balaban J connectivity index is 2.01. The van der Waals surface area contributed by atoms with Crippen molar-refractivity contribution in [3.8, 4) is 0 Å². The molecule has 0 bridgehead atoms. The summed E-state index contributed by atoms with van der Waals surface area (Å²) < 4.78 is 14.3. The van der Waals surface area contributed by atoms with Crippen LogP contribution in [0.2, 0.25) is 0 Å². The van der Waals surface area contributed by atoms with Crippen LogP contribution in [0.25, 0.3) is 0 Å². The highest BCUT2D eigenvalue weighted by Crippen LogP contribution is 2.32. The zero-order valence-electron chi connectivity index (χ0n) is 10.6. The lowest BCUT2D eigenvalue weighted by molar-refractivity contribution is 0.210. The Kier molecular flexibility index (Phi) is 4.56. The summed E-state index contributed by atoms with van der Waals surface area (Å²) in [6.07, 6.45) is 5.00. The van der Waals surface area contributed by atoms with Gasteiger partial charge in [0.2, 0.25) is 0 Å². The highest BCUT2D eigenvalue weighted by Gasteiger charge is 2.30. The van der Waals surface area contributed by atoms with Crippen molar-refractivity contribution < 1.29 is 4.39 Å². The van der Waals surface area contributed by atoms with Gasteiger partial charge < -0.3 is 10.6 Å². The zero-order valence-corrected chi connectivity index (χ0v) is 12.2. The highest BCUT2D eigenvalue weighted by molar-refractivity contribution is 9.10. The summed E-state index contributed by atoms with van der Waals surface area (Å²) in [5.74, 6) is 0.0501. The fourth-order valence-corrected chi connectivity index (χ4v) is 2.73. The summed E-state index contributed by atoms with van der Waals surface area (Å²) >= 11 is 3.21. The van der Waals surface area contributed by atoms with Gasteiger partial charge in [0.05, 0.1) is 0 Å². The highest BCUT2D eigenvalue weighted by atomic mass is 79.9. The normalized spacial score (nSPS) is 18.6. The second-order valence-electron chi connectivity index (χ2n) is 4.94. The van der Waals surface area contributed by atoms with Crippen LogP contribution in [0.15, 0.2) is 16.7 Å². The molecule has 1 saturated heterocycles. The molecule has 1 aromatic rings. The first-order valence-electron chi connectivity index (χ1n) is 6.41. The van der Waals surface area contributed by atoms with Gasteiger partial charge in [-0.3, -0.25) is 0 Å². The van der Waals surface area contributed by atoms with Gasteiger partial charge in [-0.2, -0.15) is 0 Å². The average molecular weight is 316 g/mol. The molecule has 0 aromatic carbocycles. The van der Waals surface area contributed by atoms with E-state index in [9.17, 15) is 4.39 Å². The molecule has 1 aliphatic rings. The predicted octanol–water partition coefficient (Wildman–Crippen LogP) is 3.17. The fraction of sp³-hybridized carbons (Fsp3) is 0.615. The Morgan fingerprint density at radius 3 is 2.83 bits per heavy atom. The third-order valence-corrected chi connectivity index (χ3v) is 4.29. The molecule has 0 amide bonds. The summed E-state index contributed by atoms with van der Waals surface area (Å²) in [6, 6.07) is 1.44. The standard InChI is InChI=1S/C13H19BrFN3/c1-2-13(3-5-16-6-4-13)9-18-12-11(15)7-10(14)8-17-12/h7-8,16H,2-6,9H2,1H3,(H,17,18). The molecule has 0 aliphatic carbocycles. The molecule has 5 heteroatoms. The summed E-state index contributed by atoms with van der Waals surface area (Å²) in [5, 5.41) is 6.53. The van der Waals surface area contributed by atoms with Crippen LogP contribution >= 0.6 is 15.9 Å². The van der Waals surface area contributed by atoms with Crippen LogP contribution in [0, 0.1) is 11.2 Å². The second-order valence-corrected chi connectivity index (χ2v) is 5.86. The first-order chi connectivity index (χ1) is 8.65. The van der Waals surface area contributed by atoms with Gasteiger partial charge in [-0.25, -0.2) is 9.37 Å². The van der Waals surface area contributed by atoms with Crippen molar-refractivity contribution in [2.75, 3.05) is 25.0 Å². The van der Waals surface area contributed by atoms with Crippen LogP contribution in [0.5, 0.6) is 0 Å². The summed E-state index contributed by atoms with van der Waals surface area (Å²) in [7, 11) is 0. The number of hydrogen-bond acceptors (Lipinski definition) is 3. The lowest BCUT2D eigenvalue weighted by Gasteiger charge is -2.37. The number of pyridine rings is 1. The molecule has 100 valence electrons. The van der Waals surface area contributed by atoms with E-state index in [0.29, 0.717) is 10.3 Å². The third-order valence-electron chi connectivity index (χ3n) is 3.85. The summed E-state index contributed by atoms with van der Waals surface area (Å²) in [6.45, 7) is 5.09. The molecule has 0 radical (unpaired) electrons. The van der Waals surface area contributed by atoms with Gasteiger partial charge >= 0.3 is 0 Å². The van der Waals surface area contributed by atoms with Crippen molar-refractivity contribution in [3.05, 3.63) is 22.6 Å². The molecule has 0 unspecified atom stereocenters. The van der Waals surface area contributed by atoms with Crippen molar-refractivity contribution in [2.45, 2.75) is 26.2 Å². The number of nitrogens with one attached hydrogen (secondary N) is 2. The van der Waals surface area contributed by atoms with Crippen molar-refractivity contribution >= 4 is 21.7 Å². The van der Waals surface area contributed by atoms with E-state index in [1.165, 1.54) is 6.07 Å². The van der Waals surface area contributed by atoms with Gasteiger partial charge in [0, 0.05) is 17.2 Å². The van der Waals surface area contributed by atoms with Crippen molar-refractivity contribution in [3.63, 3.8) is 0 Å². The van der Waals surface area contributed by atoms with Crippen molar-refractivity contribution in [1.82, 2.24) is 10.3 Å². The summed E-state index contributed by atoms with van der Waals surface area (Å²) in [4.78, 5) is 4.08. The molecule has 2 N–H and O–H groups in total. The lowest BCUT2D eigenvalue weighted by atomic mass is 9.76. The van der Waals surface area contributed by atoms with Gasteiger partial charge in [-0.1, -0.05) is 6.92 Å². The molecule has 2 heterocycles. The largest absolute Gasteiger partial charge is 0.367 e. The van der Waals surface area contributed by atoms with E-state index in [4.69, 9.17) is 0 Å². The Labute approximate surface area is 116 Å². The maximum Gasteiger partial charge on any atom is 0.166 e. The van der Waals surface area contributed by atoms with E-state index >= 15 is 0 Å². The zero-order chi connectivity index (χ0) is 13.0. The molecule has 1 aromatic heterocycles. The van der Waals surface area contributed by atoms with Gasteiger partial charge in [0.1, 0.15) is 0 Å². The molecular weight excluding hydrogens is 297 g/mol. The van der Waals surface area contributed by atoms with Crippen molar-refractivity contribution in [1.29, 1.82) is 0 Å². The first-order valence-corrected chi connectivity index (χ1v) is 7.20.